The number of para-hydroxylation sites is 1. The summed E-state index contributed by atoms with van der Waals surface area (Å²) in [5.74, 6) is -1.51. The molecule has 1 aliphatic rings. The molecule has 108 valence electrons. The fraction of sp³-hybridized carbons (Fsp3) is 0.429. The second kappa shape index (κ2) is 7.02. The van der Waals surface area contributed by atoms with E-state index < -0.39 is 12.0 Å². The van der Waals surface area contributed by atoms with E-state index in [1.165, 1.54) is 0 Å². The lowest BCUT2D eigenvalue weighted by molar-refractivity contribution is -0.925. The van der Waals surface area contributed by atoms with Crippen molar-refractivity contribution >= 4 is 17.6 Å². The Kier molecular flexibility index (Phi) is 5.09. The molecule has 0 saturated carbocycles. The minimum Gasteiger partial charge on any atom is -0.544 e. The SMILES string of the molecule is O=C(C[C@@H](C(=O)[O-])[NH+]1CCOCC1)Nc1ccccc1. The lowest BCUT2D eigenvalue weighted by Gasteiger charge is -2.31. The Balaban J connectivity index is 1.93. The highest BCUT2D eigenvalue weighted by Gasteiger charge is 2.28. The predicted octanol–water partition coefficient (Wildman–Crippen LogP) is -1.95. The normalized spacial score (nSPS) is 17.4. The van der Waals surface area contributed by atoms with Crippen LogP contribution >= 0.6 is 0 Å². The van der Waals surface area contributed by atoms with Crippen molar-refractivity contribution in [3.8, 4) is 0 Å². The lowest BCUT2D eigenvalue weighted by Crippen LogP contribution is -3.19. The number of carbonyl (C=O) groups is 2. The van der Waals surface area contributed by atoms with Gasteiger partial charge in [0.15, 0.2) is 0 Å². The zero-order valence-corrected chi connectivity index (χ0v) is 11.1. The fourth-order valence-electron chi connectivity index (χ4n) is 2.30. The van der Waals surface area contributed by atoms with Crippen LogP contribution in [0.4, 0.5) is 5.69 Å². The predicted molar refractivity (Wildman–Crippen MR) is 70.0 cm³/mol. The smallest absolute Gasteiger partial charge is 0.230 e. The molecular weight excluding hydrogens is 260 g/mol. The number of carbonyl (C=O) groups excluding carboxylic acids is 2. The van der Waals surface area contributed by atoms with E-state index in [9.17, 15) is 14.7 Å². The van der Waals surface area contributed by atoms with E-state index in [-0.39, 0.29) is 12.3 Å². The van der Waals surface area contributed by atoms with Gasteiger partial charge in [-0.1, -0.05) is 18.2 Å². The fourth-order valence-corrected chi connectivity index (χ4v) is 2.30. The highest BCUT2D eigenvalue weighted by atomic mass is 16.5. The van der Waals surface area contributed by atoms with Crippen LogP contribution in [0.25, 0.3) is 0 Å². The number of ether oxygens (including phenoxy) is 1. The molecule has 20 heavy (non-hydrogen) atoms. The molecule has 2 rings (SSSR count). The number of hydrogen-bond donors (Lipinski definition) is 2. The number of carboxylic acids is 1. The molecule has 2 N–H and O–H groups in total. The largest absolute Gasteiger partial charge is 0.544 e. The molecule has 1 aliphatic heterocycles. The average molecular weight is 278 g/mol. The van der Waals surface area contributed by atoms with Crippen LogP contribution < -0.4 is 15.3 Å². The summed E-state index contributed by atoms with van der Waals surface area (Å²) in [6.45, 7) is 2.19. The van der Waals surface area contributed by atoms with Gasteiger partial charge in [0.1, 0.15) is 19.1 Å². The molecule has 0 spiro atoms. The summed E-state index contributed by atoms with van der Waals surface area (Å²) >= 11 is 0. The number of aliphatic carboxylic acids is 1. The summed E-state index contributed by atoms with van der Waals surface area (Å²) in [6.07, 6.45) is -0.0907. The molecular formula is C14H18N2O4. The van der Waals surface area contributed by atoms with E-state index in [4.69, 9.17) is 4.74 Å². The number of morpholine rings is 1. The number of carboxylic acid groups (broad SMARTS) is 1. The number of benzene rings is 1. The summed E-state index contributed by atoms with van der Waals surface area (Å²) < 4.78 is 5.20. The topological polar surface area (TPSA) is 82.9 Å². The van der Waals surface area contributed by atoms with Crippen LogP contribution in [0.2, 0.25) is 0 Å². The zero-order chi connectivity index (χ0) is 14.4. The van der Waals surface area contributed by atoms with Crippen molar-refractivity contribution in [1.82, 2.24) is 0 Å². The van der Waals surface area contributed by atoms with Crippen molar-refractivity contribution in [2.45, 2.75) is 12.5 Å². The average Bonchev–Trinajstić information content (AvgIpc) is 2.46. The van der Waals surface area contributed by atoms with Crippen molar-refractivity contribution < 1.29 is 24.3 Å². The minimum absolute atomic E-state index is 0.0907. The van der Waals surface area contributed by atoms with E-state index in [1.807, 2.05) is 6.07 Å². The number of quaternary nitrogens is 1. The molecule has 1 heterocycles. The first-order valence-corrected chi connectivity index (χ1v) is 6.65. The molecule has 6 heteroatoms. The molecule has 0 radical (unpaired) electrons. The van der Waals surface area contributed by atoms with Gasteiger partial charge in [0.2, 0.25) is 5.91 Å². The third-order valence-corrected chi connectivity index (χ3v) is 3.36. The molecule has 0 unspecified atom stereocenters. The number of anilines is 1. The van der Waals surface area contributed by atoms with E-state index in [0.717, 1.165) is 4.90 Å². The van der Waals surface area contributed by atoms with Crippen LogP contribution in [0.1, 0.15) is 6.42 Å². The first-order chi connectivity index (χ1) is 9.66. The summed E-state index contributed by atoms with van der Waals surface area (Å²) in [7, 11) is 0. The van der Waals surface area contributed by atoms with Gasteiger partial charge in [-0.15, -0.1) is 0 Å². The van der Waals surface area contributed by atoms with Crippen LogP contribution in [0.15, 0.2) is 30.3 Å². The highest BCUT2D eigenvalue weighted by Crippen LogP contribution is 2.05. The molecule has 0 aliphatic carbocycles. The third-order valence-electron chi connectivity index (χ3n) is 3.36. The lowest BCUT2D eigenvalue weighted by atomic mass is 10.1. The minimum atomic E-state index is -1.19. The van der Waals surface area contributed by atoms with E-state index in [0.29, 0.717) is 32.0 Å². The van der Waals surface area contributed by atoms with E-state index in [2.05, 4.69) is 5.32 Å². The van der Waals surface area contributed by atoms with Gasteiger partial charge in [0.25, 0.3) is 0 Å². The molecule has 0 aromatic heterocycles. The number of amides is 1. The Morgan fingerprint density at radius 1 is 1.25 bits per heavy atom. The number of rotatable bonds is 5. The summed E-state index contributed by atoms with van der Waals surface area (Å²) in [5.41, 5.74) is 0.659. The highest BCUT2D eigenvalue weighted by molar-refractivity contribution is 5.93. The van der Waals surface area contributed by atoms with Gasteiger partial charge in [0.05, 0.1) is 25.6 Å². The molecule has 1 atom stereocenters. The van der Waals surface area contributed by atoms with Crippen molar-refractivity contribution in [3.05, 3.63) is 30.3 Å². The van der Waals surface area contributed by atoms with Crippen LogP contribution in [-0.4, -0.2) is 44.2 Å². The first-order valence-electron chi connectivity index (χ1n) is 6.65. The van der Waals surface area contributed by atoms with Crippen molar-refractivity contribution in [1.29, 1.82) is 0 Å². The van der Waals surface area contributed by atoms with Crippen LogP contribution in [0.5, 0.6) is 0 Å². The number of nitrogens with one attached hydrogen (secondary N) is 2. The second-order valence-corrected chi connectivity index (χ2v) is 4.76. The summed E-state index contributed by atoms with van der Waals surface area (Å²) in [5, 5.41) is 13.9. The van der Waals surface area contributed by atoms with Gasteiger partial charge in [-0.05, 0) is 12.1 Å². The van der Waals surface area contributed by atoms with E-state index >= 15 is 0 Å². The Morgan fingerprint density at radius 2 is 1.90 bits per heavy atom. The number of hydrogen-bond acceptors (Lipinski definition) is 4. The van der Waals surface area contributed by atoms with Gasteiger partial charge in [-0.2, -0.15) is 0 Å². The summed E-state index contributed by atoms with van der Waals surface area (Å²) in [4.78, 5) is 24.0. The Hall–Kier alpha value is -1.92. The zero-order valence-electron chi connectivity index (χ0n) is 11.1. The molecule has 0 bridgehead atoms. The maximum Gasteiger partial charge on any atom is 0.230 e. The standard InChI is InChI=1S/C14H18N2O4/c17-13(15-11-4-2-1-3-5-11)10-12(14(18)19)16-6-8-20-9-7-16/h1-5,12H,6-10H2,(H,15,17)(H,18,19)/t12-/m0/s1. The Bertz CT molecular complexity index is 458. The quantitative estimate of drug-likeness (QED) is 0.656. The molecule has 1 aromatic rings. The molecule has 1 aromatic carbocycles. The molecule has 6 nitrogen and oxygen atoms in total. The maximum absolute atomic E-state index is 11.9. The van der Waals surface area contributed by atoms with Crippen molar-refractivity contribution in [2.75, 3.05) is 31.6 Å². The Morgan fingerprint density at radius 3 is 2.50 bits per heavy atom. The molecule has 1 amide bonds. The second-order valence-electron chi connectivity index (χ2n) is 4.76. The van der Waals surface area contributed by atoms with Gasteiger partial charge < -0.3 is 24.9 Å². The van der Waals surface area contributed by atoms with Crippen molar-refractivity contribution in [2.24, 2.45) is 0 Å². The Labute approximate surface area is 117 Å². The van der Waals surface area contributed by atoms with Gasteiger partial charge >= 0.3 is 0 Å². The van der Waals surface area contributed by atoms with Gasteiger partial charge in [0, 0.05) is 5.69 Å². The first kappa shape index (κ1) is 14.5. The van der Waals surface area contributed by atoms with Crippen LogP contribution in [-0.2, 0) is 14.3 Å². The van der Waals surface area contributed by atoms with Crippen LogP contribution in [0, 0.1) is 0 Å². The third kappa shape index (κ3) is 4.04. The molecule has 1 saturated heterocycles. The van der Waals surface area contributed by atoms with E-state index in [1.54, 1.807) is 24.3 Å². The summed E-state index contributed by atoms with van der Waals surface area (Å²) in [6, 6.07) is 8.14. The van der Waals surface area contributed by atoms with Gasteiger partial charge in [-0.25, -0.2) is 0 Å². The van der Waals surface area contributed by atoms with Gasteiger partial charge in [-0.3, -0.25) is 4.79 Å². The monoisotopic (exact) mass is 278 g/mol. The maximum atomic E-state index is 11.9. The molecule has 1 fully saturated rings. The van der Waals surface area contributed by atoms with Crippen molar-refractivity contribution in [3.63, 3.8) is 0 Å². The van der Waals surface area contributed by atoms with Crippen LogP contribution in [0.3, 0.4) is 0 Å².